The molecular formula is C15H17NO4S. The van der Waals surface area contributed by atoms with Gasteiger partial charge >= 0.3 is 10.1 Å². The Balaban J connectivity index is 2.14. The third kappa shape index (κ3) is 4.04. The molecule has 21 heavy (non-hydrogen) atoms. The molecule has 5 nitrogen and oxygen atoms in total. The average molecular weight is 307 g/mol. The molecule has 6 heteroatoms. The topological polar surface area (TPSA) is 75.6 Å². The van der Waals surface area contributed by atoms with Crippen LogP contribution in [0, 0.1) is 0 Å². The SMILES string of the molecule is CNC[C@@H](O)c1ccc(OS(=O)(=O)c2ccccc2)cc1. The number of rotatable bonds is 6. The summed E-state index contributed by atoms with van der Waals surface area (Å²) in [6, 6.07) is 14.3. The highest BCUT2D eigenvalue weighted by molar-refractivity contribution is 7.87. The van der Waals surface area contributed by atoms with Crippen LogP contribution in [-0.2, 0) is 10.1 Å². The van der Waals surface area contributed by atoms with E-state index in [0.717, 1.165) is 0 Å². The molecule has 2 rings (SSSR count). The van der Waals surface area contributed by atoms with E-state index >= 15 is 0 Å². The molecule has 112 valence electrons. The fourth-order valence-electron chi connectivity index (χ4n) is 1.82. The standard InChI is InChI=1S/C15H17NO4S/c1-16-11-15(17)12-7-9-13(10-8-12)20-21(18,19)14-5-3-2-4-6-14/h2-10,15-17H,11H2,1H3/t15-/m1/s1. The van der Waals surface area contributed by atoms with Gasteiger partial charge in [-0.25, -0.2) is 0 Å². The van der Waals surface area contributed by atoms with Gasteiger partial charge in [-0.2, -0.15) is 8.42 Å². The molecule has 2 aromatic rings. The first-order chi connectivity index (χ1) is 10.0. The third-order valence-corrected chi connectivity index (χ3v) is 4.16. The molecule has 1 atom stereocenters. The normalized spacial score (nSPS) is 12.9. The molecule has 0 spiro atoms. The molecule has 0 aliphatic heterocycles. The number of hydrogen-bond acceptors (Lipinski definition) is 5. The Morgan fingerprint density at radius 3 is 2.29 bits per heavy atom. The van der Waals surface area contributed by atoms with E-state index in [2.05, 4.69) is 5.32 Å². The number of benzene rings is 2. The van der Waals surface area contributed by atoms with Crippen LogP contribution in [0.1, 0.15) is 11.7 Å². The van der Waals surface area contributed by atoms with Crippen molar-refractivity contribution in [3.8, 4) is 5.75 Å². The van der Waals surface area contributed by atoms with Crippen molar-refractivity contribution in [1.29, 1.82) is 0 Å². The van der Waals surface area contributed by atoms with E-state index in [1.165, 1.54) is 24.3 Å². The highest BCUT2D eigenvalue weighted by Gasteiger charge is 2.16. The molecule has 0 fully saturated rings. The maximum atomic E-state index is 12.0. The van der Waals surface area contributed by atoms with Gasteiger partial charge < -0.3 is 14.6 Å². The van der Waals surface area contributed by atoms with E-state index in [1.54, 1.807) is 37.4 Å². The largest absolute Gasteiger partial charge is 0.387 e. The first-order valence-electron chi connectivity index (χ1n) is 6.45. The predicted molar refractivity (Wildman–Crippen MR) is 79.6 cm³/mol. The Hall–Kier alpha value is -1.89. The number of nitrogens with one attached hydrogen (secondary N) is 1. The van der Waals surface area contributed by atoms with Gasteiger partial charge in [0.15, 0.2) is 0 Å². The van der Waals surface area contributed by atoms with Crippen molar-refractivity contribution < 1.29 is 17.7 Å². The molecule has 0 unspecified atom stereocenters. The Bertz CT molecular complexity index is 669. The van der Waals surface area contributed by atoms with Crippen LogP contribution in [0.25, 0.3) is 0 Å². The third-order valence-electron chi connectivity index (χ3n) is 2.90. The molecule has 0 aromatic heterocycles. The lowest BCUT2D eigenvalue weighted by atomic mass is 10.1. The molecule has 2 N–H and O–H groups in total. The molecule has 2 aromatic carbocycles. The van der Waals surface area contributed by atoms with Crippen molar-refractivity contribution >= 4 is 10.1 Å². The first kappa shape index (κ1) is 15.5. The van der Waals surface area contributed by atoms with E-state index in [0.29, 0.717) is 12.1 Å². The van der Waals surface area contributed by atoms with E-state index in [1.807, 2.05) is 0 Å². The van der Waals surface area contributed by atoms with Crippen molar-refractivity contribution in [3.63, 3.8) is 0 Å². The summed E-state index contributed by atoms with van der Waals surface area (Å²) in [5.41, 5.74) is 0.689. The maximum absolute atomic E-state index is 12.0. The quantitative estimate of drug-likeness (QED) is 0.795. The molecule has 0 bridgehead atoms. The molecule has 0 amide bonds. The van der Waals surface area contributed by atoms with E-state index < -0.39 is 16.2 Å². The second kappa shape index (κ2) is 6.71. The highest BCUT2D eigenvalue weighted by atomic mass is 32.2. The zero-order valence-corrected chi connectivity index (χ0v) is 12.4. The van der Waals surface area contributed by atoms with Crippen molar-refractivity contribution in [2.24, 2.45) is 0 Å². The van der Waals surface area contributed by atoms with Gasteiger partial charge in [0.25, 0.3) is 0 Å². The second-order valence-electron chi connectivity index (χ2n) is 4.49. The lowest BCUT2D eigenvalue weighted by Crippen LogP contribution is -2.16. The van der Waals surface area contributed by atoms with Crippen LogP contribution in [0.3, 0.4) is 0 Å². The summed E-state index contributed by atoms with van der Waals surface area (Å²) >= 11 is 0. The van der Waals surface area contributed by atoms with Gasteiger partial charge in [0.1, 0.15) is 10.6 Å². The van der Waals surface area contributed by atoms with Crippen molar-refractivity contribution in [2.75, 3.05) is 13.6 Å². The number of aliphatic hydroxyl groups excluding tert-OH is 1. The van der Waals surface area contributed by atoms with Gasteiger partial charge in [-0.15, -0.1) is 0 Å². The Morgan fingerprint density at radius 2 is 1.71 bits per heavy atom. The summed E-state index contributed by atoms with van der Waals surface area (Å²) in [6.45, 7) is 0.419. The molecular weight excluding hydrogens is 290 g/mol. The minimum Gasteiger partial charge on any atom is -0.387 e. The van der Waals surface area contributed by atoms with Gasteiger partial charge in [-0.3, -0.25) is 0 Å². The zero-order chi connectivity index (χ0) is 15.3. The molecule has 0 radical (unpaired) electrons. The van der Waals surface area contributed by atoms with Crippen molar-refractivity contribution in [1.82, 2.24) is 5.32 Å². The van der Waals surface area contributed by atoms with Gasteiger partial charge in [0.05, 0.1) is 6.10 Å². The van der Waals surface area contributed by atoms with E-state index in [4.69, 9.17) is 4.18 Å². The van der Waals surface area contributed by atoms with Crippen molar-refractivity contribution in [3.05, 3.63) is 60.2 Å². The van der Waals surface area contributed by atoms with Crippen LogP contribution in [0.4, 0.5) is 0 Å². The van der Waals surface area contributed by atoms with E-state index in [9.17, 15) is 13.5 Å². The Kier molecular flexibility index (Phi) is 4.95. The smallest absolute Gasteiger partial charge is 0.339 e. The summed E-state index contributed by atoms with van der Waals surface area (Å²) < 4.78 is 29.1. The monoisotopic (exact) mass is 307 g/mol. The molecule has 0 saturated carbocycles. The fourth-order valence-corrected chi connectivity index (χ4v) is 2.77. The zero-order valence-electron chi connectivity index (χ0n) is 11.6. The maximum Gasteiger partial charge on any atom is 0.339 e. The summed E-state index contributed by atoms with van der Waals surface area (Å²) in [5, 5.41) is 12.7. The first-order valence-corrected chi connectivity index (χ1v) is 7.86. The summed E-state index contributed by atoms with van der Waals surface area (Å²) in [6.07, 6.45) is -0.644. The van der Waals surface area contributed by atoms with E-state index in [-0.39, 0.29) is 10.6 Å². The number of hydrogen-bond donors (Lipinski definition) is 2. The molecule has 0 saturated heterocycles. The average Bonchev–Trinajstić information content (AvgIpc) is 2.49. The second-order valence-corrected chi connectivity index (χ2v) is 6.04. The fraction of sp³-hybridized carbons (Fsp3) is 0.200. The Morgan fingerprint density at radius 1 is 1.10 bits per heavy atom. The van der Waals surface area contributed by atoms with Crippen LogP contribution in [0.2, 0.25) is 0 Å². The minimum absolute atomic E-state index is 0.101. The summed E-state index contributed by atoms with van der Waals surface area (Å²) in [4.78, 5) is 0.101. The number of likely N-dealkylation sites (N-methyl/N-ethyl adjacent to an activating group) is 1. The Labute approximate surface area is 124 Å². The lowest BCUT2D eigenvalue weighted by molar-refractivity contribution is 0.178. The summed E-state index contributed by atoms with van der Waals surface area (Å²) in [5.74, 6) is 0.208. The van der Waals surface area contributed by atoms with Gasteiger partial charge in [-0.05, 0) is 36.9 Å². The summed E-state index contributed by atoms with van der Waals surface area (Å²) in [7, 11) is -2.09. The van der Waals surface area contributed by atoms with Crippen LogP contribution in [0.15, 0.2) is 59.5 Å². The molecule has 0 aliphatic rings. The van der Waals surface area contributed by atoms with Crippen LogP contribution in [-0.4, -0.2) is 27.1 Å². The van der Waals surface area contributed by atoms with Gasteiger partial charge in [0.2, 0.25) is 0 Å². The molecule has 0 heterocycles. The highest BCUT2D eigenvalue weighted by Crippen LogP contribution is 2.21. The molecule has 0 aliphatic carbocycles. The van der Waals surface area contributed by atoms with Gasteiger partial charge in [0, 0.05) is 6.54 Å². The van der Waals surface area contributed by atoms with Crippen molar-refractivity contribution in [2.45, 2.75) is 11.0 Å². The lowest BCUT2D eigenvalue weighted by Gasteiger charge is -2.11. The minimum atomic E-state index is -3.83. The van der Waals surface area contributed by atoms with Gasteiger partial charge in [-0.1, -0.05) is 30.3 Å². The van der Waals surface area contributed by atoms with Crippen LogP contribution in [0.5, 0.6) is 5.75 Å². The van der Waals surface area contributed by atoms with Crippen LogP contribution >= 0.6 is 0 Å². The predicted octanol–water partition coefficient (Wildman–Crippen LogP) is 1.71. The number of aliphatic hydroxyl groups is 1. The van der Waals surface area contributed by atoms with Crippen LogP contribution < -0.4 is 9.50 Å².